The third-order valence-corrected chi connectivity index (χ3v) is 6.80. The number of aryl methyl sites for hydroxylation is 1. The van der Waals surface area contributed by atoms with Crippen LogP contribution in [0.15, 0.2) is 58.3 Å². The number of benzene rings is 2. The van der Waals surface area contributed by atoms with Crippen LogP contribution >= 0.6 is 11.3 Å². The minimum Gasteiger partial charge on any atom is -0.490 e. The maximum absolute atomic E-state index is 14.0. The number of hydrogen-bond donors (Lipinski definition) is 0. The van der Waals surface area contributed by atoms with Crippen LogP contribution in [0, 0.1) is 5.82 Å². The van der Waals surface area contributed by atoms with E-state index in [1.54, 1.807) is 24.3 Å². The van der Waals surface area contributed by atoms with E-state index in [1.165, 1.54) is 28.4 Å². The Morgan fingerprint density at radius 3 is 2.69 bits per heavy atom. The molecular formula is C26H22FN3O5S. The standard InChI is InChI=1S/C26H22FN3O5S/c1-4-11-34-18-9-7-14(12-19(18)33-6-3)22-21-23(31)16-13-15(27)8-10-17(16)35-24(21)25(32)30(22)26-29-28-20(5-2)36-26/h4,7-10,12-13,22H,1,5-6,11H2,2-3H3. The first kappa shape index (κ1) is 23.7. The summed E-state index contributed by atoms with van der Waals surface area (Å²) in [5.41, 5.74) is 0.321. The van der Waals surface area contributed by atoms with E-state index in [2.05, 4.69) is 16.8 Å². The summed E-state index contributed by atoms with van der Waals surface area (Å²) in [6, 6.07) is 7.93. The van der Waals surface area contributed by atoms with Crippen molar-refractivity contribution in [3.05, 3.63) is 87.0 Å². The summed E-state index contributed by atoms with van der Waals surface area (Å²) in [5.74, 6) is -0.273. The molecule has 1 unspecified atom stereocenters. The molecule has 3 heterocycles. The smallest absolute Gasteiger partial charge is 0.297 e. The van der Waals surface area contributed by atoms with Gasteiger partial charge in [0.1, 0.15) is 23.0 Å². The Bertz CT molecular complexity index is 1550. The van der Waals surface area contributed by atoms with Crippen LogP contribution in [0.4, 0.5) is 9.52 Å². The lowest BCUT2D eigenvalue weighted by Crippen LogP contribution is -2.29. The van der Waals surface area contributed by atoms with Crippen LogP contribution < -0.4 is 19.8 Å². The predicted molar refractivity (Wildman–Crippen MR) is 134 cm³/mol. The lowest BCUT2D eigenvalue weighted by molar-refractivity contribution is 0.0970. The van der Waals surface area contributed by atoms with Crippen molar-refractivity contribution in [1.82, 2.24) is 10.2 Å². The number of fused-ring (bicyclic) bond motifs is 2. The van der Waals surface area contributed by atoms with Gasteiger partial charge in [-0.2, -0.15) is 0 Å². The summed E-state index contributed by atoms with van der Waals surface area (Å²) in [7, 11) is 0. The molecule has 0 aliphatic carbocycles. The number of ether oxygens (including phenoxy) is 2. The van der Waals surface area contributed by atoms with Crippen LogP contribution in [0.5, 0.6) is 11.5 Å². The van der Waals surface area contributed by atoms with Gasteiger partial charge in [0.15, 0.2) is 16.9 Å². The molecule has 10 heteroatoms. The molecule has 4 aromatic rings. The van der Waals surface area contributed by atoms with E-state index in [4.69, 9.17) is 13.9 Å². The Labute approximate surface area is 209 Å². The number of aromatic nitrogens is 2. The van der Waals surface area contributed by atoms with Crippen molar-refractivity contribution in [2.24, 2.45) is 0 Å². The van der Waals surface area contributed by atoms with Crippen molar-refractivity contribution in [1.29, 1.82) is 0 Å². The molecule has 0 N–H and O–H groups in total. The lowest BCUT2D eigenvalue weighted by atomic mass is 9.98. The molecule has 1 atom stereocenters. The molecule has 5 rings (SSSR count). The van der Waals surface area contributed by atoms with Crippen LogP contribution in [0.3, 0.4) is 0 Å². The fourth-order valence-corrected chi connectivity index (χ4v) is 4.98. The number of hydrogen-bond acceptors (Lipinski definition) is 8. The highest BCUT2D eigenvalue weighted by atomic mass is 32.1. The Morgan fingerprint density at radius 2 is 1.97 bits per heavy atom. The van der Waals surface area contributed by atoms with E-state index in [0.717, 1.165) is 11.1 Å². The molecule has 1 amide bonds. The zero-order chi connectivity index (χ0) is 25.4. The van der Waals surface area contributed by atoms with Gasteiger partial charge in [-0.15, -0.1) is 10.2 Å². The van der Waals surface area contributed by atoms with E-state index in [9.17, 15) is 14.0 Å². The van der Waals surface area contributed by atoms with Gasteiger partial charge in [0, 0.05) is 0 Å². The molecule has 1 aliphatic heterocycles. The molecule has 36 heavy (non-hydrogen) atoms. The molecule has 1 aliphatic rings. The molecule has 184 valence electrons. The highest BCUT2D eigenvalue weighted by Crippen LogP contribution is 2.44. The Hall–Kier alpha value is -4.05. The second-order valence-corrected chi connectivity index (χ2v) is 9.00. The Balaban J connectivity index is 1.75. The average Bonchev–Trinajstić information content (AvgIpc) is 3.46. The van der Waals surface area contributed by atoms with Crippen molar-refractivity contribution in [3.8, 4) is 11.5 Å². The average molecular weight is 508 g/mol. The summed E-state index contributed by atoms with van der Waals surface area (Å²) in [5, 5.41) is 9.48. The molecular weight excluding hydrogens is 485 g/mol. The van der Waals surface area contributed by atoms with Gasteiger partial charge in [0.25, 0.3) is 5.91 Å². The maximum atomic E-state index is 14.0. The fourth-order valence-electron chi connectivity index (χ4n) is 4.17. The monoisotopic (exact) mass is 507 g/mol. The maximum Gasteiger partial charge on any atom is 0.297 e. The van der Waals surface area contributed by atoms with Crippen LogP contribution in [0.25, 0.3) is 11.0 Å². The Kier molecular flexibility index (Phi) is 6.27. The highest BCUT2D eigenvalue weighted by Gasteiger charge is 2.45. The summed E-state index contributed by atoms with van der Waals surface area (Å²) in [4.78, 5) is 28.7. The van der Waals surface area contributed by atoms with Gasteiger partial charge in [-0.05, 0) is 49.2 Å². The Morgan fingerprint density at radius 1 is 1.14 bits per heavy atom. The van der Waals surface area contributed by atoms with Gasteiger partial charge in [-0.1, -0.05) is 37.0 Å². The number of halogens is 1. The zero-order valence-electron chi connectivity index (χ0n) is 19.6. The van der Waals surface area contributed by atoms with Crippen molar-refractivity contribution >= 4 is 33.3 Å². The van der Waals surface area contributed by atoms with Crippen molar-refractivity contribution in [2.75, 3.05) is 18.1 Å². The number of carbonyl (C=O) groups excluding carboxylic acids is 1. The second kappa shape index (κ2) is 9.54. The number of anilines is 1. The van der Waals surface area contributed by atoms with Crippen molar-refractivity contribution in [3.63, 3.8) is 0 Å². The number of carbonyl (C=O) groups is 1. The molecule has 0 saturated carbocycles. The summed E-state index contributed by atoms with van der Waals surface area (Å²) >= 11 is 1.26. The molecule has 0 fully saturated rings. The van der Waals surface area contributed by atoms with Crippen LogP contribution in [0.1, 0.15) is 46.6 Å². The summed E-state index contributed by atoms with van der Waals surface area (Å²) in [6.07, 6.45) is 2.26. The minimum atomic E-state index is -0.887. The summed E-state index contributed by atoms with van der Waals surface area (Å²) in [6.45, 7) is 8.10. The summed E-state index contributed by atoms with van der Waals surface area (Å²) < 4.78 is 31.4. The first-order chi connectivity index (χ1) is 17.5. The molecule has 8 nitrogen and oxygen atoms in total. The van der Waals surface area contributed by atoms with E-state index in [0.29, 0.717) is 35.2 Å². The first-order valence-electron chi connectivity index (χ1n) is 11.4. The van der Waals surface area contributed by atoms with Crippen molar-refractivity contribution in [2.45, 2.75) is 26.3 Å². The van der Waals surface area contributed by atoms with E-state index in [-0.39, 0.29) is 28.9 Å². The first-order valence-corrected chi connectivity index (χ1v) is 12.2. The van der Waals surface area contributed by atoms with E-state index in [1.807, 2.05) is 13.8 Å². The predicted octanol–water partition coefficient (Wildman–Crippen LogP) is 5.06. The second-order valence-electron chi connectivity index (χ2n) is 7.96. The number of nitrogens with zero attached hydrogens (tertiary/aromatic N) is 3. The van der Waals surface area contributed by atoms with Crippen LogP contribution in [-0.2, 0) is 6.42 Å². The minimum absolute atomic E-state index is 0.0517. The van der Waals surface area contributed by atoms with Crippen LogP contribution in [0.2, 0.25) is 0 Å². The third-order valence-electron chi connectivity index (χ3n) is 5.74. The van der Waals surface area contributed by atoms with Gasteiger partial charge < -0.3 is 13.9 Å². The van der Waals surface area contributed by atoms with Gasteiger partial charge in [0.2, 0.25) is 10.9 Å². The molecule has 2 aromatic heterocycles. The third kappa shape index (κ3) is 3.93. The molecule has 0 bridgehead atoms. The number of amides is 1. The highest BCUT2D eigenvalue weighted by molar-refractivity contribution is 7.15. The topological polar surface area (TPSA) is 94.8 Å². The van der Waals surface area contributed by atoms with Gasteiger partial charge >= 0.3 is 0 Å². The SMILES string of the molecule is C=CCOc1ccc(C2c3c(oc4ccc(F)cc4c3=O)C(=O)N2c2nnc(CC)s2)cc1OCC. The van der Waals surface area contributed by atoms with Gasteiger partial charge in [-0.3, -0.25) is 14.5 Å². The van der Waals surface area contributed by atoms with E-state index < -0.39 is 23.2 Å². The quantitative estimate of drug-likeness (QED) is 0.308. The molecule has 0 saturated heterocycles. The van der Waals surface area contributed by atoms with Gasteiger partial charge in [0.05, 0.1) is 23.6 Å². The van der Waals surface area contributed by atoms with Crippen LogP contribution in [-0.4, -0.2) is 29.3 Å². The normalized spacial score (nSPS) is 14.8. The fraction of sp³-hybridized carbons (Fsp3) is 0.231. The largest absolute Gasteiger partial charge is 0.490 e. The molecule has 2 aromatic carbocycles. The molecule has 0 radical (unpaired) electrons. The van der Waals surface area contributed by atoms with Crippen molar-refractivity contribution < 1.29 is 23.1 Å². The zero-order valence-corrected chi connectivity index (χ0v) is 20.4. The van der Waals surface area contributed by atoms with Gasteiger partial charge in [-0.25, -0.2) is 4.39 Å². The molecule has 0 spiro atoms. The van der Waals surface area contributed by atoms with E-state index >= 15 is 0 Å². The lowest BCUT2D eigenvalue weighted by Gasteiger charge is -2.23. The number of rotatable bonds is 8.